The van der Waals surface area contributed by atoms with Crippen LogP contribution in [0.25, 0.3) is 0 Å². The van der Waals surface area contributed by atoms with Crippen molar-refractivity contribution in [2.24, 2.45) is 0 Å². The maximum Gasteiger partial charge on any atom is 0.137 e. The molecule has 19 heavy (non-hydrogen) atoms. The number of aromatic nitrogens is 2. The van der Waals surface area contributed by atoms with Gasteiger partial charge in [-0.15, -0.1) is 0 Å². The standard InChI is InChI=1S/C14H20N4O/c1-5-15-13-10(2)14(17-11(3)16-13)18(4)9-12-7-6-8-19-12/h6-8H,5,9H2,1-4H3,(H,15,16,17). The molecule has 1 N–H and O–H groups in total. The molecule has 0 aliphatic rings. The summed E-state index contributed by atoms with van der Waals surface area (Å²) in [6, 6.07) is 3.86. The predicted molar refractivity (Wildman–Crippen MR) is 76.5 cm³/mol. The third-order valence-corrected chi connectivity index (χ3v) is 2.91. The van der Waals surface area contributed by atoms with Gasteiger partial charge in [0, 0.05) is 19.2 Å². The minimum Gasteiger partial charge on any atom is -0.467 e. The quantitative estimate of drug-likeness (QED) is 0.895. The first-order chi connectivity index (χ1) is 9.11. The summed E-state index contributed by atoms with van der Waals surface area (Å²) in [4.78, 5) is 11.0. The maximum atomic E-state index is 5.37. The number of anilines is 2. The largest absolute Gasteiger partial charge is 0.467 e. The highest BCUT2D eigenvalue weighted by molar-refractivity contribution is 5.58. The monoisotopic (exact) mass is 260 g/mol. The van der Waals surface area contributed by atoms with Crippen molar-refractivity contribution in [1.29, 1.82) is 0 Å². The zero-order chi connectivity index (χ0) is 13.8. The Morgan fingerprint density at radius 2 is 2.11 bits per heavy atom. The SMILES string of the molecule is CCNc1nc(C)nc(N(C)Cc2ccco2)c1C. The van der Waals surface area contributed by atoms with Gasteiger partial charge in [-0.1, -0.05) is 0 Å². The highest BCUT2D eigenvalue weighted by atomic mass is 16.3. The van der Waals surface area contributed by atoms with Crippen molar-refractivity contribution in [2.45, 2.75) is 27.3 Å². The molecule has 5 nitrogen and oxygen atoms in total. The smallest absolute Gasteiger partial charge is 0.137 e. The van der Waals surface area contributed by atoms with Crippen LogP contribution in [0, 0.1) is 13.8 Å². The van der Waals surface area contributed by atoms with Crippen LogP contribution in [0.1, 0.15) is 24.1 Å². The van der Waals surface area contributed by atoms with Crippen LogP contribution in [0.15, 0.2) is 22.8 Å². The normalized spacial score (nSPS) is 10.5. The van der Waals surface area contributed by atoms with E-state index in [9.17, 15) is 0 Å². The number of furan rings is 1. The Morgan fingerprint density at radius 3 is 2.74 bits per heavy atom. The molecule has 5 heteroatoms. The van der Waals surface area contributed by atoms with Gasteiger partial charge >= 0.3 is 0 Å². The van der Waals surface area contributed by atoms with Crippen LogP contribution in [-0.2, 0) is 6.54 Å². The van der Waals surface area contributed by atoms with Gasteiger partial charge in [0.15, 0.2) is 0 Å². The van der Waals surface area contributed by atoms with Gasteiger partial charge in [0.1, 0.15) is 23.2 Å². The number of hydrogen-bond donors (Lipinski definition) is 1. The van der Waals surface area contributed by atoms with E-state index in [0.29, 0.717) is 6.54 Å². The first-order valence-corrected chi connectivity index (χ1v) is 6.44. The van der Waals surface area contributed by atoms with E-state index in [-0.39, 0.29) is 0 Å². The number of aryl methyl sites for hydroxylation is 1. The molecule has 0 amide bonds. The Kier molecular flexibility index (Phi) is 4.04. The summed E-state index contributed by atoms with van der Waals surface area (Å²) in [5, 5.41) is 3.27. The first kappa shape index (κ1) is 13.4. The Hall–Kier alpha value is -2.04. The maximum absolute atomic E-state index is 5.37. The lowest BCUT2D eigenvalue weighted by Gasteiger charge is -2.21. The zero-order valence-corrected chi connectivity index (χ0v) is 11.9. The van der Waals surface area contributed by atoms with Crippen LogP contribution in [0.5, 0.6) is 0 Å². The molecule has 0 unspecified atom stereocenters. The van der Waals surface area contributed by atoms with Gasteiger partial charge in [0.2, 0.25) is 0 Å². The Balaban J connectivity index is 2.27. The van der Waals surface area contributed by atoms with Gasteiger partial charge in [0.05, 0.1) is 12.8 Å². The van der Waals surface area contributed by atoms with Gasteiger partial charge in [-0.2, -0.15) is 0 Å². The molecule has 0 atom stereocenters. The molecule has 0 spiro atoms. The van der Waals surface area contributed by atoms with Crippen LogP contribution in [0.3, 0.4) is 0 Å². The van der Waals surface area contributed by atoms with E-state index >= 15 is 0 Å². The summed E-state index contributed by atoms with van der Waals surface area (Å²) in [6.45, 7) is 7.54. The van der Waals surface area contributed by atoms with Crippen LogP contribution in [0.2, 0.25) is 0 Å². The highest BCUT2D eigenvalue weighted by Gasteiger charge is 2.13. The molecular formula is C14H20N4O. The average Bonchev–Trinajstić information content (AvgIpc) is 2.86. The Morgan fingerprint density at radius 1 is 1.32 bits per heavy atom. The average molecular weight is 260 g/mol. The van der Waals surface area contributed by atoms with Crippen LogP contribution in [-0.4, -0.2) is 23.6 Å². The molecule has 0 saturated heterocycles. The summed E-state index contributed by atoms with van der Waals surface area (Å²) in [6.07, 6.45) is 1.69. The molecule has 2 heterocycles. The van der Waals surface area contributed by atoms with E-state index in [1.54, 1.807) is 6.26 Å². The summed E-state index contributed by atoms with van der Waals surface area (Å²) in [5.41, 5.74) is 1.06. The fraction of sp³-hybridized carbons (Fsp3) is 0.429. The van der Waals surface area contributed by atoms with Crippen molar-refractivity contribution in [3.63, 3.8) is 0 Å². The van der Waals surface area contributed by atoms with Gasteiger partial charge in [-0.3, -0.25) is 0 Å². The second kappa shape index (κ2) is 5.73. The number of hydrogen-bond acceptors (Lipinski definition) is 5. The Bertz CT molecular complexity index is 537. The molecule has 102 valence electrons. The van der Waals surface area contributed by atoms with E-state index in [2.05, 4.69) is 27.1 Å². The third-order valence-electron chi connectivity index (χ3n) is 2.91. The number of nitrogens with one attached hydrogen (secondary N) is 1. The lowest BCUT2D eigenvalue weighted by atomic mass is 10.2. The summed E-state index contributed by atoms with van der Waals surface area (Å²) < 4.78 is 5.37. The molecule has 2 aromatic heterocycles. The highest BCUT2D eigenvalue weighted by Crippen LogP contribution is 2.23. The molecule has 0 saturated carbocycles. The molecule has 0 bridgehead atoms. The second-order valence-corrected chi connectivity index (χ2v) is 4.53. The molecule has 0 aliphatic carbocycles. The van der Waals surface area contributed by atoms with Gasteiger partial charge in [-0.25, -0.2) is 9.97 Å². The number of rotatable bonds is 5. The van der Waals surface area contributed by atoms with Gasteiger partial charge < -0.3 is 14.6 Å². The second-order valence-electron chi connectivity index (χ2n) is 4.53. The minimum atomic E-state index is 0.690. The minimum absolute atomic E-state index is 0.690. The summed E-state index contributed by atoms with van der Waals surface area (Å²) in [5.74, 6) is 3.52. The Labute approximate surface area is 113 Å². The molecule has 2 aromatic rings. The lowest BCUT2D eigenvalue weighted by molar-refractivity contribution is 0.506. The van der Waals surface area contributed by atoms with E-state index in [1.165, 1.54) is 0 Å². The van der Waals surface area contributed by atoms with E-state index < -0.39 is 0 Å². The molecule has 2 rings (SSSR count). The molecule has 0 aliphatic heterocycles. The topological polar surface area (TPSA) is 54.2 Å². The third kappa shape index (κ3) is 3.05. The fourth-order valence-electron chi connectivity index (χ4n) is 2.04. The van der Waals surface area contributed by atoms with Gasteiger partial charge in [0.25, 0.3) is 0 Å². The van der Waals surface area contributed by atoms with Gasteiger partial charge in [-0.05, 0) is 32.9 Å². The van der Waals surface area contributed by atoms with Crippen molar-refractivity contribution >= 4 is 11.6 Å². The molecule has 0 fully saturated rings. The first-order valence-electron chi connectivity index (χ1n) is 6.44. The van der Waals surface area contributed by atoms with Crippen molar-refractivity contribution in [3.05, 3.63) is 35.5 Å². The van der Waals surface area contributed by atoms with Crippen molar-refractivity contribution in [2.75, 3.05) is 23.8 Å². The van der Waals surface area contributed by atoms with E-state index in [1.807, 2.05) is 33.0 Å². The van der Waals surface area contributed by atoms with Crippen LogP contribution < -0.4 is 10.2 Å². The number of nitrogens with zero attached hydrogens (tertiary/aromatic N) is 3. The van der Waals surface area contributed by atoms with E-state index in [4.69, 9.17) is 4.42 Å². The predicted octanol–water partition coefficient (Wildman–Crippen LogP) is 2.75. The zero-order valence-electron chi connectivity index (χ0n) is 11.9. The fourth-order valence-corrected chi connectivity index (χ4v) is 2.04. The van der Waals surface area contributed by atoms with Crippen LogP contribution in [0.4, 0.5) is 11.6 Å². The lowest BCUT2D eigenvalue weighted by Crippen LogP contribution is -2.20. The summed E-state index contributed by atoms with van der Waals surface area (Å²) >= 11 is 0. The van der Waals surface area contributed by atoms with Crippen molar-refractivity contribution in [1.82, 2.24) is 9.97 Å². The molecular weight excluding hydrogens is 240 g/mol. The summed E-state index contributed by atoms with van der Waals surface area (Å²) in [7, 11) is 2.01. The van der Waals surface area contributed by atoms with Crippen LogP contribution >= 0.6 is 0 Å². The van der Waals surface area contributed by atoms with Crippen molar-refractivity contribution < 1.29 is 4.42 Å². The molecule has 0 aromatic carbocycles. The van der Waals surface area contributed by atoms with E-state index in [0.717, 1.165) is 35.3 Å². The molecule has 0 radical (unpaired) electrons. The van der Waals surface area contributed by atoms with Crippen molar-refractivity contribution in [3.8, 4) is 0 Å².